The Labute approximate surface area is 196 Å². The van der Waals surface area contributed by atoms with Gasteiger partial charge in [0.1, 0.15) is 17.4 Å². The first-order valence-electron chi connectivity index (χ1n) is 10.1. The zero-order chi connectivity index (χ0) is 25.7. The number of nitro groups is 1. The van der Waals surface area contributed by atoms with Crippen molar-refractivity contribution < 1.29 is 33.6 Å². The first kappa shape index (κ1) is 24.7. The van der Waals surface area contributed by atoms with Crippen LogP contribution in [0.15, 0.2) is 47.3 Å². The molecule has 0 aliphatic carbocycles. The van der Waals surface area contributed by atoms with Crippen LogP contribution in [0.2, 0.25) is 0 Å². The van der Waals surface area contributed by atoms with Crippen LogP contribution in [0.5, 0.6) is 5.75 Å². The van der Waals surface area contributed by atoms with E-state index in [1.807, 2.05) is 0 Å². The molecule has 3 rings (SSSR count). The Morgan fingerprint density at radius 1 is 1.14 bits per heavy atom. The molecule has 0 fully saturated rings. The minimum absolute atomic E-state index is 0.0252. The zero-order valence-electron chi connectivity index (χ0n) is 18.4. The number of nitrogens with one attached hydrogen (secondary N) is 2. The van der Waals surface area contributed by atoms with E-state index in [0.717, 1.165) is 19.2 Å². The van der Waals surface area contributed by atoms with Gasteiger partial charge in [-0.05, 0) is 25.1 Å². The number of carbonyl (C=O) groups excluding carboxylic acids is 4. The summed E-state index contributed by atoms with van der Waals surface area (Å²) in [5.74, 6) is -7.73. The molecule has 1 unspecified atom stereocenters. The molecule has 35 heavy (non-hydrogen) atoms. The van der Waals surface area contributed by atoms with E-state index >= 15 is 0 Å². The molecule has 0 aliphatic heterocycles. The molecule has 1 aromatic heterocycles. The van der Waals surface area contributed by atoms with Gasteiger partial charge in [0.05, 0.1) is 35.4 Å². The number of fused-ring (bicyclic) bond motifs is 1. The molecule has 0 radical (unpaired) electrons. The smallest absolute Gasteiger partial charge is 0.375 e. The number of nitrogens with zero attached hydrogens (tertiary/aromatic N) is 2. The number of rotatable bonds is 9. The number of esters is 1. The maximum absolute atomic E-state index is 13.0. The molecule has 1 heterocycles. The molecule has 0 saturated heterocycles. The van der Waals surface area contributed by atoms with Gasteiger partial charge in [-0.3, -0.25) is 29.3 Å². The third-order valence-electron chi connectivity index (χ3n) is 4.76. The van der Waals surface area contributed by atoms with Gasteiger partial charge in [0, 0.05) is 12.1 Å². The van der Waals surface area contributed by atoms with Crippen LogP contribution in [0.1, 0.15) is 18.5 Å². The molecule has 0 spiro atoms. The number of amides is 1. The summed E-state index contributed by atoms with van der Waals surface area (Å²) >= 11 is 0. The van der Waals surface area contributed by atoms with Crippen LogP contribution in [0, 0.1) is 10.1 Å². The number of para-hydroxylation sites is 2. The number of benzene rings is 2. The molecule has 2 aromatic carbocycles. The number of carbonyl (C=O) groups is 4. The number of aromatic nitrogens is 2. The predicted molar refractivity (Wildman–Crippen MR) is 120 cm³/mol. The summed E-state index contributed by atoms with van der Waals surface area (Å²) in [5.41, 5.74) is -2.16. The van der Waals surface area contributed by atoms with Gasteiger partial charge in [-0.2, -0.15) is 0 Å². The van der Waals surface area contributed by atoms with Gasteiger partial charge in [0.2, 0.25) is 5.78 Å². The summed E-state index contributed by atoms with van der Waals surface area (Å²) in [6.45, 7) is 1.97. The fourth-order valence-corrected chi connectivity index (χ4v) is 3.15. The van der Waals surface area contributed by atoms with E-state index in [1.54, 1.807) is 19.1 Å². The SMILES string of the molecule is CCOc1ccccc1NC(=O)C(=O)C(C(=O)C(=O)OC)c1nc2ccc([N+](=O)[O-])cc2[nH]c1=O. The van der Waals surface area contributed by atoms with Crippen molar-refractivity contribution in [1.29, 1.82) is 0 Å². The molecule has 3 aromatic rings. The van der Waals surface area contributed by atoms with Gasteiger partial charge >= 0.3 is 5.97 Å². The van der Waals surface area contributed by atoms with Crippen LogP contribution < -0.4 is 15.6 Å². The second kappa shape index (κ2) is 10.3. The standard InChI is InChI=1S/C22H18N4O9/c1-3-35-15-7-5-4-6-13(15)24-21(30)18(27)16(19(28)22(31)34-2)17-20(29)25-14-10-11(26(32)33)8-9-12(14)23-17/h4-10,16H,3H2,1-2H3,(H,24,30)(H,25,29). The third-order valence-corrected chi connectivity index (χ3v) is 4.76. The van der Waals surface area contributed by atoms with Crippen molar-refractivity contribution in [3.63, 3.8) is 0 Å². The Bertz CT molecular complexity index is 1410. The number of anilines is 1. The number of nitro benzene ring substituents is 1. The van der Waals surface area contributed by atoms with Gasteiger partial charge in [-0.15, -0.1) is 0 Å². The minimum atomic E-state index is -2.23. The van der Waals surface area contributed by atoms with E-state index in [4.69, 9.17) is 4.74 Å². The largest absolute Gasteiger partial charge is 0.492 e. The van der Waals surface area contributed by atoms with Gasteiger partial charge in [-0.25, -0.2) is 9.78 Å². The number of hydrogen-bond donors (Lipinski definition) is 2. The van der Waals surface area contributed by atoms with Crippen LogP contribution in [-0.4, -0.2) is 52.1 Å². The van der Waals surface area contributed by atoms with E-state index in [2.05, 4.69) is 20.0 Å². The Morgan fingerprint density at radius 3 is 2.51 bits per heavy atom. The van der Waals surface area contributed by atoms with E-state index in [9.17, 15) is 34.1 Å². The second-order valence-electron chi connectivity index (χ2n) is 6.95. The number of aromatic amines is 1. The maximum Gasteiger partial charge on any atom is 0.375 e. The number of hydrogen-bond acceptors (Lipinski definition) is 10. The molecule has 1 atom stereocenters. The molecule has 2 N–H and O–H groups in total. The molecule has 0 bridgehead atoms. The van der Waals surface area contributed by atoms with Gasteiger partial charge < -0.3 is 19.8 Å². The van der Waals surface area contributed by atoms with Crippen molar-refractivity contribution in [2.24, 2.45) is 0 Å². The lowest BCUT2D eigenvalue weighted by Gasteiger charge is -2.14. The lowest BCUT2D eigenvalue weighted by molar-refractivity contribution is -0.384. The Hall–Kier alpha value is -4.94. The Morgan fingerprint density at radius 2 is 1.86 bits per heavy atom. The van der Waals surface area contributed by atoms with E-state index in [1.165, 1.54) is 18.2 Å². The maximum atomic E-state index is 13.0. The highest BCUT2D eigenvalue weighted by Gasteiger charge is 2.40. The lowest BCUT2D eigenvalue weighted by Crippen LogP contribution is -2.39. The van der Waals surface area contributed by atoms with Crippen molar-refractivity contribution in [3.05, 3.63) is 68.6 Å². The Balaban J connectivity index is 2.06. The van der Waals surface area contributed by atoms with Crippen molar-refractivity contribution in [2.45, 2.75) is 12.8 Å². The number of ketones is 2. The van der Waals surface area contributed by atoms with E-state index in [0.29, 0.717) is 0 Å². The van der Waals surface area contributed by atoms with E-state index in [-0.39, 0.29) is 34.8 Å². The quantitative estimate of drug-likeness (QED) is 0.148. The Kier molecular flexibility index (Phi) is 7.29. The molecule has 0 aliphatic rings. The third kappa shape index (κ3) is 5.19. The highest BCUT2D eigenvalue weighted by atomic mass is 16.6. The molecule has 1 amide bonds. The highest BCUT2D eigenvalue weighted by Crippen LogP contribution is 2.25. The number of ether oxygens (including phenoxy) is 2. The van der Waals surface area contributed by atoms with Crippen molar-refractivity contribution in [2.75, 3.05) is 19.0 Å². The molecule has 180 valence electrons. The number of H-pyrrole nitrogens is 1. The summed E-state index contributed by atoms with van der Waals surface area (Å²) in [6.07, 6.45) is 0. The number of Topliss-reactive ketones (excluding diaryl/α,β-unsaturated/α-hetero) is 2. The molecular weight excluding hydrogens is 464 g/mol. The topological polar surface area (TPSA) is 188 Å². The van der Waals surface area contributed by atoms with Crippen molar-refractivity contribution in [1.82, 2.24) is 9.97 Å². The average Bonchev–Trinajstić information content (AvgIpc) is 2.84. The monoisotopic (exact) mass is 482 g/mol. The lowest BCUT2D eigenvalue weighted by atomic mass is 9.94. The summed E-state index contributed by atoms with van der Waals surface area (Å²) in [6, 6.07) is 9.48. The van der Waals surface area contributed by atoms with Crippen LogP contribution in [-0.2, 0) is 23.9 Å². The summed E-state index contributed by atoms with van der Waals surface area (Å²) in [4.78, 5) is 79.7. The fraction of sp³-hybridized carbons (Fsp3) is 0.182. The summed E-state index contributed by atoms with van der Waals surface area (Å²) in [7, 11) is 0.886. The van der Waals surface area contributed by atoms with Gasteiger partial charge in [0.25, 0.3) is 22.9 Å². The number of non-ortho nitro benzene ring substituents is 1. The normalized spacial score (nSPS) is 11.4. The highest BCUT2D eigenvalue weighted by molar-refractivity contribution is 6.52. The predicted octanol–water partition coefficient (Wildman–Crippen LogP) is 1.26. The summed E-state index contributed by atoms with van der Waals surface area (Å²) < 4.78 is 9.75. The molecule has 13 heteroatoms. The van der Waals surface area contributed by atoms with Crippen LogP contribution >= 0.6 is 0 Å². The minimum Gasteiger partial charge on any atom is -0.492 e. The van der Waals surface area contributed by atoms with Crippen molar-refractivity contribution >= 4 is 45.9 Å². The first-order chi connectivity index (χ1) is 16.7. The van der Waals surface area contributed by atoms with Crippen LogP contribution in [0.4, 0.5) is 11.4 Å². The van der Waals surface area contributed by atoms with Gasteiger partial charge in [0.15, 0.2) is 0 Å². The van der Waals surface area contributed by atoms with E-state index < -0.39 is 45.5 Å². The molecular formula is C22H18N4O9. The molecule has 13 nitrogen and oxygen atoms in total. The van der Waals surface area contributed by atoms with Crippen LogP contribution in [0.25, 0.3) is 11.0 Å². The zero-order valence-corrected chi connectivity index (χ0v) is 18.4. The average molecular weight is 482 g/mol. The fourth-order valence-electron chi connectivity index (χ4n) is 3.15. The first-order valence-corrected chi connectivity index (χ1v) is 10.1. The summed E-state index contributed by atoms with van der Waals surface area (Å²) in [5, 5.41) is 13.3. The molecule has 0 saturated carbocycles. The number of methoxy groups -OCH3 is 1. The van der Waals surface area contributed by atoms with Crippen molar-refractivity contribution in [3.8, 4) is 5.75 Å². The van der Waals surface area contributed by atoms with Gasteiger partial charge in [-0.1, -0.05) is 12.1 Å². The second-order valence-corrected chi connectivity index (χ2v) is 6.95. The van der Waals surface area contributed by atoms with Crippen LogP contribution in [0.3, 0.4) is 0 Å².